The number of nitrogens with one attached hydrogen (secondary N) is 1. The van der Waals surface area contributed by atoms with E-state index in [2.05, 4.69) is 30.7 Å². The number of esters is 1. The van der Waals surface area contributed by atoms with Gasteiger partial charge in [0.1, 0.15) is 11.4 Å². The van der Waals surface area contributed by atoms with Gasteiger partial charge in [-0.3, -0.25) is 9.59 Å². The summed E-state index contributed by atoms with van der Waals surface area (Å²) in [5.41, 5.74) is 4.64. The first-order valence-electron chi connectivity index (χ1n) is 17.4. The summed E-state index contributed by atoms with van der Waals surface area (Å²) >= 11 is 0. The highest BCUT2D eigenvalue weighted by Gasteiger charge is 2.31. The van der Waals surface area contributed by atoms with Crippen LogP contribution in [0.25, 0.3) is 22.4 Å². The number of benzene rings is 3. The molecular weight excluding hydrogens is 615 g/mol. The van der Waals surface area contributed by atoms with Gasteiger partial charge in [-0.15, -0.1) is 0 Å². The maximum atomic E-state index is 14.4. The Labute approximate surface area is 292 Å². The van der Waals surface area contributed by atoms with Crippen molar-refractivity contribution in [2.24, 2.45) is 5.92 Å². The van der Waals surface area contributed by atoms with E-state index in [0.717, 1.165) is 34.5 Å². The number of halogens is 1. The molecule has 6 nitrogen and oxygen atoms in total. The molecule has 1 N–H and O–H groups in total. The van der Waals surface area contributed by atoms with Crippen LogP contribution in [0.3, 0.4) is 0 Å². The standard InChI is InChI=1S/C42H53FN2O4/c1-28(2)38-37(40(47)44-33-18-14-11-15-19-33)36(30-16-12-10-13-17-30)39(31-20-22-32(43)23-21-31)45(38)25-24-29(3)26-34(48-41(4,5)6)27-35(46)49-42(7,8)9/h10-23,28-29,34H,24-27H2,1-9H3,(H,44,47)/t29-,34-/m1/s1. The molecule has 0 saturated carbocycles. The van der Waals surface area contributed by atoms with Gasteiger partial charge in [-0.2, -0.15) is 0 Å². The molecule has 0 spiro atoms. The van der Waals surface area contributed by atoms with Crippen LogP contribution in [0.4, 0.5) is 10.1 Å². The van der Waals surface area contributed by atoms with Crippen molar-refractivity contribution in [2.45, 2.75) is 111 Å². The zero-order chi connectivity index (χ0) is 35.9. The van der Waals surface area contributed by atoms with Crippen molar-refractivity contribution in [3.63, 3.8) is 0 Å². The zero-order valence-electron chi connectivity index (χ0n) is 30.6. The molecule has 7 heteroatoms. The van der Waals surface area contributed by atoms with Crippen LogP contribution in [0.2, 0.25) is 0 Å². The Kier molecular flexibility index (Phi) is 12.3. The van der Waals surface area contributed by atoms with Crippen molar-refractivity contribution in [3.05, 3.63) is 102 Å². The molecule has 1 aromatic heterocycles. The molecule has 0 aliphatic carbocycles. The van der Waals surface area contributed by atoms with E-state index in [4.69, 9.17) is 9.47 Å². The molecule has 0 aliphatic rings. The predicted octanol–water partition coefficient (Wildman–Crippen LogP) is 10.7. The van der Waals surface area contributed by atoms with E-state index in [1.165, 1.54) is 12.1 Å². The van der Waals surface area contributed by atoms with Crippen LogP contribution in [0, 0.1) is 11.7 Å². The van der Waals surface area contributed by atoms with Gasteiger partial charge in [0.2, 0.25) is 0 Å². The molecule has 0 radical (unpaired) electrons. The van der Waals surface area contributed by atoms with Crippen molar-refractivity contribution in [1.82, 2.24) is 4.57 Å². The van der Waals surface area contributed by atoms with Crippen LogP contribution in [-0.2, 0) is 20.8 Å². The molecule has 0 unspecified atom stereocenters. The van der Waals surface area contributed by atoms with Crippen molar-refractivity contribution in [1.29, 1.82) is 0 Å². The van der Waals surface area contributed by atoms with Crippen LogP contribution in [0.5, 0.6) is 0 Å². The van der Waals surface area contributed by atoms with Gasteiger partial charge in [0.15, 0.2) is 0 Å². The number of ether oxygens (including phenoxy) is 2. The number of para-hydroxylation sites is 1. The van der Waals surface area contributed by atoms with Crippen LogP contribution in [-0.4, -0.2) is 33.7 Å². The first-order chi connectivity index (χ1) is 23.0. The van der Waals surface area contributed by atoms with Crippen LogP contribution in [0.1, 0.15) is 104 Å². The topological polar surface area (TPSA) is 69.6 Å². The highest BCUT2D eigenvalue weighted by atomic mass is 19.1. The number of carbonyl (C=O) groups excluding carboxylic acids is 2. The third-order valence-electron chi connectivity index (χ3n) is 8.13. The molecule has 0 saturated heterocycles. The molecule has 4 rings (SSSR count). The van der Waals surface area contributed by atoms with Gasteiger partial charge in [0.05, 0.1) is 29.4 Å². The monoisotopic (exact) mass is 668 g/mol. The van der Waals surface area contributed by atoms with Gasteiger partial charge in [0, 0.05) is 23.5 Å². The molecule has 0 fully saturated rings. The number of rotatable bonds is 13. The first-order valence-corrected chi connectivity index (χ1v) is 17.4. The summed E-state index contributed by atoms with van der Waals surface area (Å²) < 4.78 is 28.6. The van der Waals surface area contributed by atoms with Crippen molar-refractivity contribution < 1.29 is 23.5 Å². The highest BCUT2D eigenvalue weighted by molar-refractivity contribution is 6.12. The molecule has 1 amide bonds. The molecule has 3 aromatic carbocycles. The Morgan fingerprint density at radius 3 is 1.94 bits per heavy atom. The Balaban J connectivity index is 1.79. The van der Waals surface area contributed by atoms with E-state index in [1.807, 2.05) is 102 Å². The van der Waals surface area contributed by atoms with Gasteiger partial charge in [0.25, 0.3) is 5.91 Å². The van der Waals surface area contributed by atoms with Crippen molar-refractivity contribution in [2.75, 3.05) is 5.32 Å². The van der Waals surface area contributed by atoms with Gasteiger partial charge < -0.3 is 19.4 Å². The molecule has 0 bridgehead atoms. The third kappa shape index (κ3) is 10.6. The summed E-state index contributed by atoms with van der Waals surface area (Å²) in [7, 11) is 0. The third-order valence-corrected chi connectivity index (χ3v) is 8.13. The van der Waals surface area contributed by atoms with Gasteiger partial charge in [-0.25, -0.2) is 4.39 Å². The Morgan fingerprint density at radius 2 is 1.39 bits per heavy atom. The summed E-state index contributed by atoms with van der Waals surface area (Å²) in [6.07, 6.45) is 1.27. The maximum Gasteiger partial charge on any atom is 0.308 e. The SMILES string of the molecule is CC(C)c1c(C(=O)Nc2ccccc2)c(-c2ccccc2)c(-c2ccc(F)cc2)n1CC[C@@H](C)C[C@H](CC(=O)OC(C)(C)C)OC(C)(C)C. The van der Waals surface area contributed by atoms with Crippen molar-refractivity contribution >= 4 is 17.6 Å². The van der Waals surface area contributed by atoms with E-state index < -0.39 is 11.2 Å². The molecule has 1 heterocycles. The second-order valence-electron chi connectivity index (χ2n) is 15.3. The lowest BCUT2D eigenvalue weighted by molar-refractivity contribution is -0.161. The minimum Gasteiger partial charge on any atom is -0.460 e. The van der Waals surface area contributed by atoms with Gasteiger partial charge in [-0.05, 0) is 114 Å². The molecule has 0 aliphatic heterocycles. The quantitative estimate of drug-likeness (QED) is 0.144. The molecular formula is C42H53FN2O4. The number of anilines is 1. The maximum absolute atomic E-state index is 14.4. The molecule has 49 heavy (non-hydrogen) atoms. The summed E-state index contributed by atoms with van der Waals surface area (Å²) in [6.45, 7) is 18.6. The van der Waals surface area contributed by atoms with E-state index in [1.54, 1.807) is 12.1 Å². The first kappa shape index (κ1) is 37.6. The number of amides is 1. The average Bonchev–Trinajstić information content (AvgIpc) is 3.35. The lowest BCUT2D eigenvalue weighted by Gasteiger charge is -2.30. The largest absolute Gasteiger partial charge is 0.460 e. The number of hydrogen-bond acceptors (Lipinski definition) is 4. The fourth-order valence-electron chi connectivity index (χ4n) is 6.37. The average molecular weight is 669 g/mol. The second-order valence-corrected chi connectivity index (χ2v) is 15.3. The van der Waals surface area contributed by atoms with Crippen molar-refractivity contribution in [3.8, 4) is 22.4 Å². The fourth-order valence-corrected chi connectivity index (χ4v) is 6.37. The highest BCUT2D eigenvalue weighted by Crippen LogP contribution is 2.43. The molecule has 4 aromatic rings. The van der Waals surface area contributed by atoms with Gasteiger partial charge >= 0.3 is 5.97 Å². The minimum absolute atomic E-state index is 0.00682. The number of carbonyl (C=O) groups is 2. The lowest BCUT2D eigenvalue weighted by atomic mass is 9.94. The molecule has 262 valence electrons. The number of nitrogens with zero attached hydrogens (tertiary/aromatic N) is 1. The van der Waals surface area contributed by atoms with E-state index in [-0.39, 0.29) is 42.1 Å². The van der Waals surface area contributed by atoms with E-state index >= 15 is 0 Å². The van der Waals surface area contributed by atoms with Crippen LogP contribution < -0.4 is 5.32 Å². The smallest absolute Gasteiger partial charge is 0.308 e. The normalized spacial score (nSPS) is 13.3. The second kappa shape index (κ2) is 16.0. The number of hydrogen-bond donors (Lipinski definition) is 1. The zero-order valence-corrected chi connectivity index (χ0v) is 30.6. The number of aromatic nitrogens is 1. The Bertz CT molecular complexity index is 1680. The van der Waals surface area contributed by atoms with E-state index in [0.29, 0.717) is 24.2 Å². The van der Waals surface area contributed by atoms with E-state index in [9.17, 15) is 14.0 Å². The minimum atomic E-state index is -0.575. The lowest BCUT2D eigenvalue weighted by Crippen LogP contribution is -2.33. The summed E-state index contributed by atoms with van der Waals surface area (Å²) in [5.74, 6) is -0.632. The fraction of sp³-hybridized carbons (Fsp3) is 0.429. The molecule has 2 atom stereocenters. The van der Waals surface area contributed by atoms with Crippen LogP contribution >= 0.6 is 0 Å². The summed E-state index contributed by atoms with van der Waals surface area (Å²) in [4.78, 5) is 27.2. The Hall–Kier alpha value is -4.23. The predicted molar refractivity (Wildman–Crippen MR) is 197 cm³/mol. The summed E-state index contributed by atoms with van der Waals surface area (Å²) in [6, 6.07) is 25.9. The summed E-state index contributed by atoms with van der Waals surface area (Å²) in [5, 5.41) is 3.14. The van der Waals surface area contributed by atoms with Crippen LogP contribution in [0.15, 0.2) is 84.9 Å². The van der Waals surface area contributed by atoms with Gasteiger partial charge in [-0.1, -0.05) is 69.3 Å². The Morgan fingerprint density at radius 1 is 0.796 bits per heavy atom.